The molecule has 0 saturated heterocycles. The Morgan fingerprint density at radius 2 is 2.07 bits per heavy atom. The third-order valence-electron chi connectivity index (χ3n) is 4.57. The van der Waals surface area contributed by atoms with Crippen LogP contribution in [0.4, 0.5) is 0 Å². The van der Waals surface area contributed by atoms with Crippen LogP contribution >= 0.6 is 11.3 Å². The quantitative estimate of drug-likeness (QED) is 0.504. The number of aromatic amines is 1. The standard InChI is InChI=1S/C21H20N4O3S/c1-25(13-17-23-15-10-11-29-20(15)21(27)24-17)19(26)9-5-8-18-22-12-16(28-18)14-6-3-2-4-7-14/h2-4,6-7,10-12H,5,8-9,13H2,1H3,(H,23,24,27). The van der Waals surface area contributed by atoms with Gasteiger partial charge in [-0.2, -0.15) is 0 Å². The first-order valence-electron chi connectivity index (χ1n) is 9.30. The number of H-pyrrole nitrogens is 1. The largest absolute Gasteiger partial charge is 0.441 e. The average Bonchev–Trinajstić information content (AvgIpc) is 3.38. The zero-order chi connectivity index (χ0) is 20.2. The zero-order valence-electron chi connectivity index (χ0n) is 15.9. The summed E-state index contributed by atoms with van der Waals surface area (Å²) in [6.07, 6.45) is 3.29. The number of nitrogens with one attached hydrogen (secondary N) is 1. The summed E-state index contributed by atoms with van der Waals surface area (Å²) in [5.74, 6) is 1.81. The molecular weight excluding hydrogens is 388 g/mol. The van der Waals surface area contributed by atoms with Gasteiger partial charge in [0.15, 0.2) is 11.7 Å². The number of rotatable bonds is 7. The second-order valence-corrected chi connectivity index (χ2v) is 7.65. The smallest absolute Gasteiger partial charge is 0.268 e. The first-order valence-corrected chi connectivity index (χ1v) is 10.2. The van der Waals surface area contributed by atoms with Gasteiger partial charge in [0.1, 0.15) is 10.5 Å². The van der Waals surface area contributed by atoms with Crippen molar-refractivity contribution >= 4 is 27.5 Å². The number of aryl methyl sites for hydroxylation is 1. The van der Waals surface area contributed by atoms with Crippen molar-refractivity contribution in [3.8, 4) is 11.3 Å². The van der Waals surface area contributed by atoms with E-state index in [1.165, 1.54) is 11.3 Å². The summed E-state index contributed by atoms with van der Waals surface area (Å²) in [5.41, 5.74) is 1.47. The Kier molecular flexibility index (Phi) is 5.53. The fourth-order valence-corrected chi connectivity index (χ4v) is 3.78. The Balaban J connectivity index is 1.30. The van der Waals surface area contributed by atoms with Crippen molar-refractivity contribution in [3.05, 3.63) is 70.0 Å². The second-order valence-electron chi connectivity index (χ2n) is 6.74. The molecule has 7 nitrogen and oxygen atoms in total. The minimum absolute atomic E-state index is 0.0205. The highest BCUT2D eigenvalue weighted by molar-refractivity contribution is 7.17. The topological polar surface area (TPSA) is 92.1 Å². The molecule has 0 aliphatic carbocycles. The van der Waals surface area contributed by atoms with E-state index in [2.05, 4.69) is 15.0 Å². The molecule has 8 heteroatoms. The lowest BCUT2D eigenvalue weighted by molar-refractivity contribution is -0.130. The molecule has 0 aliphatic rings. The summed E-state index contributed by atoms with van der Waals surface area (Å²) in [6.45, 7) is 0.261. The highest BCUT2D eigenvalue weighted by Gasteiger charge is 2.13. The molecule has 1 N–H and O–H groups in total. The fraction of sp³-hybridized carbons (Fsp3) is 0.238. The first-order chi connectivity index (χ1) is 14.1. The lowest BCUT2D eigenvalue weighted by Crippen LogP contribution is -2.28. The average molecular weight is 408 g/mol. The highest BCUT2D eigenvalue weighted by atomic mass is 32.1. The van der Waals surface area contributed by atoms with Crippen LogP contribution in [0.15, 0.2) is 57.2 Å². The second kappa shape index (κ2) is 8.40. The minimum atomic E-state index is -0.168. The van der Waals surface area contributed by atoms with E-state index in [1.54, 1.807) is 24.2 Å². The predicted octanol–water partition coefficient (Wildman–Crippen LogP) is 3.62. The van der Waals surface area contributed by atoms with Gasteiger partial charge in [0.05, 0.1) is 18.3 Å². The van der Waals surface area contributed by atoms with Gasteiger partial charge in [0.2, 0.25) is 5.91 Å². The minimum Gasteiger partial charge on any atom is -0.441 e. The monoisotopic (exact) mass is 408 g/mol. The maximum absolute atomic E-state index is 12.4. The van der Waals surface area contributed by atoms with Crippen LogP contribution < -0.4 is 5.56 Å². The van der Waals surface area contributed by atoms with Crippen LogP contribution in [0, 0.1) is 0 Å². The molecule has 0 fully saturated rings. The van der Waals surface area contributed by atoms with E-state index < -0.39 is 0 Å². The summed E-state index contributed by atoms with van der Waals surface area (Å²) in [6, 6.07) is 11.6. The molecule has 0 spiro atoms. The van der Waals surface area contributed by atoms with Crippen molar-refractivity contribution in [1.82, 2.24) is 19.9 Å². The molecule has 1 aromatic carbocycles. The van der Waals surface area contributed by atoms with Crippen molar-refractivity contribution in [3.63, 3.8) is 0 Å². The Morgan fingerprint density at radius 1 is 1.24 bits per heavy atom. The van der Waals surface area contributed by atoms with Crippen LogP contribution in [0.2, 0.25) is 0 Å². The molecule has 0 unspecified atom stereocenters. The van der Waals surface area contributed by atoms with Crippen molar-refractivity contribution < 1.29 is 9.21 Å². The highest BCUT2D eigenvalue weighted by Crippen LogP contribution is 2.20. The van der Waals surface area contributed by atoms with E-state index in [-0.39, 0.29) is 18.0 Å². The van der Waals surface area contributed by atoms with Crippen molar-refractivity contribution in [2.24, 2.45) is 0 Å². The van der Waals surface area contributed by atoms with E-state index >= 15 is 0 Å². The van der Waals surface area contributed by atoms with E-state index in [4.69, 9.17) is 4.42 Å². The van der Waals surface area contributed by atoms with Gasteiger partial charge in [-0.05, 0) is 17.9 Å². The predicted molar refractivity (Wildman–Crippen MR) is 112 cm³/mol. The van der Waals surface area contributed by atoms with Gasteiger partial charge in [0, 0.05) is 25.5 Å². The number of amides is 1. The van der Waals surface area contributed by atoms with Crippen LogP contribution in [0.25, 0.3) is 21.5 Å². The molecule has 3 heterocycles. The number of thiophene rings is 1. The Hall–Kier alpha value is -3.26. The number of nitrogens with zero attached hydrogens (tertiary/aromatic N) is 3. The zero-order valence-corrected chi connectivity index (χ0v) is 16.7. The first kappa shape index (κ1) is 19.1. The molecular formula is C21H20N4O3S. The van der Waals surface area contributed by atoms with E-state index in [0.29, 0.717) is 41.2 Å². The van der Waals surface area contributed by atoms with Crippen LogP contribution in [0.1, 0.15) is 24.6 Å². The Bertz CT molecular complexity index is 1180. The number of oxazole rings is 1. The molecule has 0 aliphatic heterocycles. The summed E-state index contributed by atoms with van der Waals surface area (Å²) in [7, 11) is 1.71. The number of carbonyl (C=O) groups is 1. The summed E-state index contributed by atoms with van der Waals surface area (Å²) < 4.78 is 6.37. The molecule has 4 aromatic rings. The van der Waals surface area contributed by atoms with Crippen LogP contribution in [-0.4, -0.2) is 32.8 Å². The molecule has 148 valence electrons. The lowest BCUT2D eigenvalue weighted by Gasteiger charge is -2.16. The normalized spacial score (nSPS) is 11.1. The maximum atomic E-state index is 12.4. The molecule has 29 heavy (non-hydrogen) atoms. The van der Waals surface area contributed by atoms with Crippen LogP contribution in [0.3, 0.4) is 0 Å². The third-order valence-corrected chi connectivity index (χ3v) is 5.47. The Labute approximate surface area is 171 Å². The number of fused-ring (bicyclic) bond motifs is 1. The van der Waals surface area contributed by atoms with E-state index in [1.807, 2.05) is 35.7 Å². The molecule has 0 atom stereocenters. The van der Waals surface area contributed by atoms with Gasteiger partial charge in [-0.1, -0.05) is 30.3 Å². The van der Waals surface area contributed by atoms with Crippen molar-refractivity contribution in [2.75, 3.05) is 7.05 Å². The van der Waals surface area contributed by atoms with Gasteiger partial charge >= 0.3 is 0 Å². The molecule has 0 saturated carbocycles. The summed E-state index contributed by atoms with van der Waals surface area (Å²) in [4.78, 5) is 37.5. The van der Waals surface area contributed by atoms with E-state index in [0.717, 1.165) is 11.3 Å². The van der Waals surface area contributed by atoms with Gasteiger partial charge < -0.3 is 14.3 Å². The summed E-state index contributed by atoms with van der Waals surface area (Å²) in [5, 5.41) is 1.83. The molecule has 0 bridgehead atoms. The van der Waals surface area contributed by atoms with Gasteiger partial charge in [-0.15, -0.1) is 11.3 Å². The number of hydrogen-bond donors (Lipinski definition) is 1. The molecule has 3 aromatic heterocycles. The maximum Gasteiger partial charge on any atom is 0.268 e. The van der Waals surface area contributed by atoms with Gasteiger partial charge in [-0.25, -0.2) is 9.97 Å². The fourth-order valence-electron chi connectivity index (χ4n) is 3.05. The summed E-state index contributed by atoms with van der Waals surface area (Å²) >= 11 is 1.36. The molecule has 1 amide bonds. The SMILES string of the molecule is CN(Cc1nc2ccsc2c(=O)[nH]1)C(=O)CCCc1ncc(-c2ccccc2)o1. The third kappa shape index (κ3) is 4.43. The molecule has 4 rings (SSSR count). The number of aromatic nitrogens is 3. The van der Waals surface area contributed by atoms with E-state index in [9.17, 15) is 9.59 Å². The van der Waals surface area contributed by atoms with Crippen molar-refractivity contribution in [2.45, 2.75) is 25.8 Å². The van der Waals surface area contributed by atoms with Crippen LogP contribution in [-0.2, 0) is 17.8 Å². The van der Waals surface area contributed by atoms with Gasteiger partial charge in [0.25, 0.3) is 5.56 Å². The van der Waals surface area contributed by atoms with Crippen molar-refractivity contribution in [1.29, 1.82) is 0 Å². The van der Waals surface area contributed by atoms with Gasteiger partial charge in [-0.3, -0.25) is 9.59 Å². The van der Waals surface area contributed by atoms with Crippen LogP contribution in [0.5, 0.6) is 0 Å². The number of hydrogen-bond acceptors (Lipinski definition) is 6. The molecule has 0 radical (unpaired) electrons. The number of benzene rings is 1. The lowest BCUT2D eigenvalue weighted by atomic mass is 10.2. The number of carbonyl (C=O) groups excluding carboxylic acids is 1. The Morgan fingerprint density at radius 3 is 2.90 bits per heavy atom.